The molecule has 1 aliphatic rings. The van der Waals surface area contributed by atoms with Crippen LogP contribution in [0.2, 0.25) is 0 Å². The maximum Gasteiger partial charge on any atom is 0.150 e. The van der Waals surface area contributed by atoms with Crippen molar-refractivity contribution in [1.29, 1.82) is 0 Å². The minimum absolute atomic E-state index is 0.456. The Hall–Kier alpha value is -4.36. The summed E-state index contributed by atoms with van der Waals surface area (Å²) < 4.78 is 0. The van der Waals surface area contributed by atoms with Gasteiger partial charge in [-0.3, -0.25) is 9.97 Å². The summed E-state index contributed by atoms with van der Waals surface area (Å²) in [5.74, 6) is 1.93. The number of aliphatic hydroxyl groups is 1. The molecule has 0 spiro atoms. The Labute approximate surface area is 239 Å². The number of para-hydroxylation sites is 2. The summed E-state index contributed by atoms with van der Waals surface area (Å²) in [4.78, 5) is 17.8. The van der Waals surface area contributed by atoms with Gasteiger partial charge >= 0.3 is 0 Å². The van der Waals surface area contributed by atoms with Gasteiger partial charge < -0.3 is 16.6 Å². The van der Waals surface area contributed by atoms with Gasteiger partial charge in [-0.15, -0.1) is 0 Å². The molecule has 4 heterocycles. The Morgan fingerprint density at radius 3 is 1.71 bits per heavy atom. The number of hydrogen-bond donors (Lipinski definition) is 3. The topological polar surface area (TPSA) is 124 Å². The molecule has 0 aliphatic heterocycles. The van der Waals surface area contributed by atoms with Gasteiger partial charge in [0.2, 0.25) is 0 Å². The fraction of sp³-hybridized carbons (Fsp3) is 0.294. The van der Waals surface area contributed by atoms with Crippen molar-refractivity contribution in [2.45, 2.75) is 58.0 Å². The number of aryl methyl sites for hydroxylation is 2. The van der Waals surface area contributed by atoms with Crippen molar-refractivity contribution in [1.82, 2.24) is 19.9 Å². The Morgan fingerprint density at radius 1 is 0.732 bits per heavy atom. The molecule has 7 nitrogen and oxygen atoms in total. The van der Waals surface area contributed by atoms with Crippen LogP contribution >= 0.6 is 0 Å². The van der Waals surface area contributed by atoms with Crippen LogP contribution in [0.3, 0.4) is 0 Å². The van der Waals surface area contributed by atoms with E-state index in [1.165, 1.54) is 24.8 Å². The van der Waals surface area contributed by atoms with E-state index in [0.717, 1.165) is 67.9 Å². The van der Waals surface area contributed by atoms with Gasteiger partial charge in [0.15, 0.2) is 11.6 Å². The smallest absolute Gasteiger partial charge is 0.150 e. The highest BCUT2D eigenvalue weighted by atomic mass is 16.3. The van der Waals surface area contributed by atoms with Gasteiger partial charge in [0.25, 0.3) is 0 Å². The molecule has 208 valence electrons. The van der Waals surface area contributed by atoms with Gasteiger partial charge in [-0.2, -0.15) is 0 Å². The maximum atomic E-state index is 9.86. The highest BCUT2D eigenvalue weighted by Crippen LogP contribution is 2.34. The largest absolute Gasteiger partial charge is 0.390 e. The number of pyridine rings is 4. The fourth-order valence-corrected chi connectivity index (χ4v) is 5.30. The standard InChI is InChI=1S/C17H19N3O.C17H17N3/c1-17(2,21)8-7-11-9-13-12-5-3-4-6-14(12)20-16(18)15(13)19-10-11;18-17-16-14(13-3-1-2-4-15(13)20-17)9-12(10-19-16)8-7-11-5-6-11/h3-6,9-10,21H,7-8H2,1-2H3,(H2,18,20);1-4,9-11H,5-8H2,(H2,18,20). The van der Waals surface area contributed by atoms with Crippen LogP contribution < -0.4 is 11.5 Å². The molecule has 41 heavy (non-hydrogen) atoms. The average Bonchev–Trinajstić information content (AvgIpc) is 3.80. The first-order chi connectivity index (χ1) is 19.7. The summed E-state index contributed by atoms with van der Waals surface area (Å²) in [6.07, 6.45) is 10.5. The van der Waals surface area contributed by atoms with E-state index in [0.29, 0.717) is 18.1 Å². The number of anilines is 2. The lowest BCUT2D eigenvalue weighted by Gasteiger charge is -2.16. The molecule has 6 aromatic rings. The quantitative estimate of drug-likeness (QED) is 0.198. The first-order valence-corrected chi connectivity index (χ1v) is 14.3. The van der Waals surface area contributed by atoms with Crippen molar-refractivity contribution in [3.05, 3.63) is 84.2 Å². The van der Waals surface area contributed by atoms with Gasteiger partial charge in [0.1, 0.15) is 11.0 Å². The van der Waals surface area contributed by atoms with Crippen molar-refractivity contribution < 1.29 is 5.11 Å². The van der Waals surface area contributed by atoms with Crippen LogP contribution in [0, 0.1) is 5.92 Å². The first-order valence-electron chi connectivity index (χ1n) is 14.3. The van der Waals surface area contributed by atoms with E-state index >= 15 is 0 Å². The summed E-state index contributed by atoms with van der Waals surface area (Å²) in [7, 11) is 0. The van der Waals surface area contributed by atoms with Crippen molar-refractivity contribution in [2.75, 3.05) is 11.5 Å². The fourth-order valence-electron chi connectivity index (χ4n) is 5.30. The molecule has 7 heteroatoms. The van der Waals surface area contributed by atoms with Crippen molar-refractivity contribution >= 4 is 55.2 Å². The number of nitrogens with two attached hydrogens (primary N) is 2. The maximum absolute atomic E-state index is 9.86. The molecule has 0 unspecified atom stereocenters. The van der Waals surface area contributed by atoms with Crippen LogP contribution in [-0.2, 0) is 12.8 Å². The van der Waals surface area contributed by atoms with E-state index in [4.69, 9.17) is 11.5 Å². The molecule has 2 aromatic carbocycles. The van der Waals surface area contributed by atoms with Gasteiger partial charge in [0.05, 0.1) is 16.6 Å². The van der Waals surface area contributed by atoms with E-state index in [2.05, 4.69) is 38.1 Å². The average molecular weight is 545 g/mol. The van der Waals surface area contributed by atoms with E-state index in [9.17, 15) is 5.11 Å². The van der Waals surface area contributed by atoms with Crippen LogP contribution in [0.4, 0.5) is 11.6 Å². The van der Waals surface area contributed by atoms with Crippen LogP contribution in [0.1, 0.15) is 50.7 Å². The van der Waals surface area contributed by atoms with Gasteiger partial charge in [-0.25, -0.2) is 9.97 Å². The summed E-state index contributed by atoms with van der Waals surface area (Å²) >= 11 is 0. The lowest BCUT2D eigenvalue weighted by atomic mass is 9.98. The molecule has 0 amide bonds. The highest BCUT2D eigenvalue weighted by Gasteiger charge is 2.20. The van der Waals surface area contributed by atoms with Crippen LogP contribution in [0.5, 0.6) is 0 Å². The lowest BCUT2D eigenvalue weighted by Crippen LogP contribution is -2.19. The van der Waals surface area contributed by atoms with E-state index in [-0.39, 0.29) is 0 Å². The number of aromatic nitrogens is 4. The molecule has 0 radical (unpaired) electrons. The monoisotopic (exact) mass is 544 g/mol. The third kappa shape index (κ3) is 6.05. The van der Waals surface area contributed by atoms with E-state index < -0.39 is 5.60 Å². The molecule has 1 aliphatic carbocycles. The first kappa shape index (κ1) is 26.8. The summed E-state index contributed by atoms with van der Waals surface area (Å²) in [5, 5.41) is 14.2. The summed E-state index contributed by atoms with van der Waals surface area (Å²) in [5.41, 5.74) is 17.1. The van der Waals surface area contributed by atoms with Crippen LogP contribution in [-0.4, -0.2) is 30.6 Å². The molecule has 1 fully saturated rings. The Balaban J connectivity index is 0.000000148. The van der Waals surface area contributed by atoms with Gasteiger partial charge in [0, 0.05) is 33.9 Å². The Morgan fingerprint density at radius 2 is 1.22 bits per heavy atom. The zero-order chi connectivity index (χ0) is 28.6. The number of hydrogen-bond acceptors (Lipinski definition) is 7. The van der Waals surface area contributed by atoms with E-state index in [1.54, 1.807) is 0 Å². The molecule has 5 N–H and O–H groups in total. The lowest BCUT2D eigenvalue weighted by molar-refractivity contribution is 0.0714. The predicted octanol–water partition coefficient (Wildman–Crippen LogP) is 6.78. The number of benzene rings is 2. The second-order valence-electron chi connectivity index (χ2n) is 11.8. The third-order valence-corrected chi connectivity index (χ3v) is 7.81. The third-order valence-electron chi connectivity index (χ3n) is 7.81. The summed E-state index contributed by atoms with van der Waals surface area (Å²) in [6.45, 7) is 3.64. The van der Waals surface area contributed by atoms with Crippen molar-refractivity contribution in [2.24, 2.45) is 5.92 Å². The Kier molecular flexibility index (Phi) is 7.14. The van der Waals surface area contributed by atoms with E-state index in [1.807, 2.05) is 68.7 Å². The molecule has 1 saturated carbocycles. The molecule has 7 rings (SSSR count). The number of nitrogens with zero attached hydrogens (tertiary/aromatic N) is 4. The SMILES string of the molecule is CC(C)(O)CCc1cnc2c(N)nc3ccccc3c2c1.Nc1nc2ccccc2c2cc(CCC3CC3)cnc12. The second-order valence-corrected chi connectivity index (χ2v) is 11.8. The second kappa shape index (κ2) is 10.9. The van der Waals surface area contributed by atoms with Gasteiger partial charge in [-0.1, -0.05) is 49.2 Å². The zero-order valence-electron chi connectivity index (χ0n) is 23.6. The van der Waals surface area contributed by atoms with Crippen LogP contribution in [0.25, 0.3) is 43.6 Å². The summed E-state index contributed by atoms with van der Waals surface area (Å²) in [6, 6.07) is 20.4. The minimum atomic E-state index is -0.672. The molecule has 0 atom stereocenters. The Bertz CT molecular complexity index is 1870. The number of nitrogen functional groups attached to an aromatic ring is 2. The van der Waals surface area contributed by atoms with Crippen LogP contribution in [0.15, 0.2) is 73.1 Å². The molecular weight excluding hydrogens is 508 g/mol. The molecule has 0 bridgehead atoms. The van der Waals surface area contributed by atoms with Gasteiger partial charge in [-0.05, 0) is 80.8 Å². The molecule has 0 saturated heterocycles. The normalized spacial score (nSPS) is 13.5. The number of rotatable bonds is 6. The van der Waals surface area contributed by atoms with Crippen molar-refractivity contribution in [3.8, 4) is 0 Å². The predicted molar refractivity (Wildman–Crippen MR) is 169 cm³/mol. The molecule has 4 aromatic heterocycles. The zero-order valence-corrected chi connectivity index (χ0v) is 23.6. The van der Waals surface area contributed by atoms with Crippen molar-refractivity contribution in [3.63, 3.8) is 0 Å². The minimum Gasteiger partial charge on any atom is -0.390 e. The molecular formula is C34H36N6O. The number of fused-ring (bicyclic) bond motifs is 6. The highest BCUT2D eigenvalue weighted by molar-refractivity contribution is 6.09.